The molecule has 0 spiro atoms. The predicted molar refractivity (Wildman–Crippen MR) is 98.1 cm³/mol. The molecule has 0 aliphatic heterocycles. The van der Waals surface area contributed by atoms with Crippen LogP contribution in [0.4, 0.5) is 0 Å². The summed E-state index contributed by atoms with van der Waals surface area (Å²) in [6, 6.07) is 16.5. The van der Waals surface area contributed by atoms with Gasteiger partial charge in [-0.1, -0.05) is 48.5 Å². The Labute approximate surface area is 152 Å². The van der Waals surface area contributed by atoms with Crippen molar-refractivity contribution in [3.63, 3.8) is 0 Å². The number of benzene rings is 2. The van der Waals surface area contributed by atoms with Crippen molar-refractivity contribution >= 4 is 11.6 Å². The maximum absolute atomic E-state index is 13.1. The molecule has 6 rings (SSSR count). The number of hydrogen-bond donors (Lipinski definition) is 0. The molecule has 2 aromatic rings. The SMILES string of the molecule is CO[C@H](C)C12c3ccccc3C(c3ccccc31)[C@H]1C(=O)C=CC(=O)[C@H]12. The molecule has 0 unspecified atom stereocenters. The Bertz CT molecular complexity index is 923. The fourth-order valence-electron chi connectivity index (χ4n) is 5.79. The molecule has 0 fully saturated rings. The molecular weight excluding hydrogens is 324 g/mol. The molecule has 26 heavy (non-hydrogen) atoms. The van der Waals surface area contributed by atoms with Gasteiger partial charge in [0, 0.05) is 24.9 Å². The van der Waals surface area contributed by atoms with Crippen molar-refractivity contribution in [2.24, 2.45) is 11.8 Å². The maximum Gasteiger partial charge on any atom is 0.160 e. The summed E-state index contributed by atoms with van der Waals surface area (Å²) < 4.78 is 5.87. The summed E-state index contributed by atoms with van der Waals surface area (Å²) in [7, 11) is 1.69. The Morgan fingerprint density at radius 2 is 1.42 bits per heavy atom. The van der Waals surface area contributed by atoms with Gasteiger partial charge >= 0.3 is 0 Å². The van der Waals surface area contributed by atoms with Crippen LogP contribution in [0.3, 0.4) is 0 Å². The van der Waals surface area contributed by atoms with Gasteiger partial charge in [-0.05, 0) is 41.3 Å². The van der Waals surface area contributed by atoms with Crippen LogP contribution in [0.2, 0.25) is 0 Å². The van der Waals surface area contributed by atoms with Gasteiger partial charge < -0.3 is 4.74 Å². The summed E-state index contributed by atoms with van der Waals surface area (Å²) in [5.74, 6) is -0.747. The lowest BCUT2D eigenvalue weighted by Gasteiger charge is -2.59. The largest absolute Gasteiger partial charge is 0.380 e. The molecule has 3 nitrogen and oxygen atoms in total. The number of ether oxygens (including phenoxy) is 1. The first-order valence-electron chi connectivity index (χ1n) is 9.09. The van der Waals surface area contributed by atoms with Crippen molar-refractivity contribution in [1.82, 2.24) is 0 Å². The quantitative estimate of drug-likeness (QED) is 0.838. The molecule has 0 aromatic heterocycles. The van der Waals surface area contributed by atoms with Crippen LogP contribution in [-0.2, 0) is 19.7 Å². The van der Waals surface area contributed by atoms with Crippen LogP contribution < -0.4 is 0 Å². The van der Waals surface area contributed by atoms with Gasteiger partial charge in [0.1, 0.15) is 0 Å². The molecule has 0 amide bonds. The van der Waals surface area contributed by atoms with Crippen molar-refractivity contribution < 1.29 is 14.3 Å². The lowest BCUT2D eigenvalue weighted by atomic mass is 9.43. The van der Waals surface area contributed by atoms with Crippen LogP contribution >= 0.6 is 0 Å². The Morgan fingerprint density at radius 1 is 0.885 bits per heavy atom. The van der Waals surface area contributed by atoms with Gasteiger partial charge in [0.15, 0.2) is 11.6 Å². The second-order valence-corrected chi connectivity index (χ2v) is 7.54. The average Bonchev–Trinajstić information content (AvgIpc) is 2.69. The number of hydrogen-bond acceptors (Lipinski definition) is 3. The lowest BCUT2D eigenvalue weighted by Crippen LogP contribution is -2.62. The minimum absolute atomic E-state index is 0.0347. The van der Waals surface area contributed by atoms with Crippen molar-refractivity contribution in [3.8, 4) is 0 Å². The summed E-state index contributed by atoms with van der Waals surface area (Å²) >= 11 is 0. The molecule has 3 atom stereocenters. The van der Waals surface area contributed by atoms with Gasteiger partial charge in [-0.25, -0.2) is 0 Å². The summed E-state index contributed by atoms with van der Waals surface area (Å²) in [6.07, 6.45) is 2.71. The van der Waals surface area contributed by atoms with E-state index >= 15 is 0 Å². The molecular formula is C23H20O3. The van der Waals surface area contributed by atoms with Crippen molar-refractivity contribution in [3.05, 3.63) is 82.9 Å². The lowest BCUT2D eigenvalue weighted by molar-refractivity contribution is -0.136. The first kappa shape index (κ1) is 15.7. The van der Waals surface area contributed by atoms with Gasteiger partial charge in [0.2, 0.25) is 0 Å². The second-order valence-electron chi connectivity index (χ2n) is 7.54. The van der Waals surface area contributed by atoms with E-state index in [4.69, 9.17) is 4.74 Å². The number of methoxy groups -OCH3 is 1. The Morgan fingerprint density at radius 3 is 2.00 bits per heavy atom. The standard InChI is InChI=1S/C23H20O3/c1-13(26-2)23-16-9-5-3-7-14(16)20(15-8-4-6-10-17(15)23)21-18(24)11-12-19(25)22(21)23/h3-13,20-22H,1-2H3/t13-,20?,21-,22-,23?/m1/s1. The minimum Gasteiger partial charge on any atom is -0.380 e. The van der Waals surface area contributed by atoms with E-state index in [2.05, 4.69) is 24.3 Å². The van der Waals surface area contributed by atoms with Crippen LogP contribution in [0.5, 0.6) is 0 Å². The van der Waals surface area contributed by atoms with Crippen LogP contribution in [0, 0.1) is 11.8 Å². The fraction of sp³-hybridized carbons (Fsp3) is 0.304. The van der Waals surface area contributed by atoms with Crippen LogP contribution in [0.25, 0.3) is 0 Å². The molecule has 0 saturated carbocycles. The maximum atomic E-state index is 13.1. The van der Waals surface area contributed by atoms with Crippen molar-refractivity contribution in [2.45, 2.75) is 24.4 Å². The van der Waals surface area contributed by atoms with E-state index in [-0.39, 0.29) is 29.5 Å². The van der Waals surface area contributed by atoms with E-state index in [1.54, 1.807) is 7.11 Å². The zero-order valence-corrected chi connectivity index (χ0v) is 14.8. The number of ketones is 2. The van der Waals surface area contributed by atoms with Crippen LogP contribution in [0.1, 0.15) is 35.1 Å². The number of rotatable bonds is 2. The van der Waals surface area contributed by atoms with Gasteiger partial charge in [-0.2, -0.15) is 0 Å². The third-order valence-corrected chi connectivity index (χ3v) is 6.73. The third-order valence-electron chi connectivity index (χ3n) is 6.73. The topological polar surface area (TPSA) is 43.4 Å². The highest BCUT2D eigenvalue weighted by molar-refractivity contribution is 6.10. The van der Waals surface area contributed by atoms with Crippen LogP contribution in [0.15, 0.2) is 60.7 Å². The van der Waals surface area contributed by atoms with Gasteiger partial charge in [-0.15, -0.1) is 0 Å². The monoisotopic (exact) mass is 344 g/mol. The molecule has 4 aliphatic rings. The Hall–Kier alpha value is -2.52. The smallest absolute Gasteiger partial charge is 0.160 e. The molecule has 3 heteroatoms. The van der Waals surface area contributed by atoms with Gasteiger partial charge in [-0.3, -0.25) is 9.59 Å². The molecule has 0 heterocycles. The number of carbonyl (C=O) groups excluding carboxylic acids is 2. The Kier molecular flexibility index (Phi) is 3.17. The van der Waals surface area contributed by atoms with E-state index in [9.17, 15) is 9.59 Å². The van der Waals surface area contributed by atoms with Crippen LogP contribution in [-0.4, -0.2) is 24.8 Å². The minimum atomic E-state index is -0.640. The van der Waals surface area contributed by atoms with Crippen molar-refractivity contribution in [1.29, 1.82) is 0 Å². The Balaban J connectivity index is 1.96. The zero-order chi connectivity index (χ0) is 18.1. The summed E-state index contributed by atoms with van der Waals surface area (Å²) in [4.78, 5) is 26.1. The highest BCUT2D eigenvalue weighted by Crippen LogP contribution is 2.64. The summed E-state index contributed by atoms with van der Waals surface area (Å²) in [6.45, 7) is 2.02. The summed E-state index contributed by atoms with van der Waals surface area (Å²) in [5, 5.41) is 0. The molecule has 130 valence electrons. The summed E-state index contributed by atoms with van der Waals surface area (Å²) in [5.41, 5.74) is 3.95. The van der Waals surface area contributed by atoms with E-state index in [0.29, 0.717) is 0 Å². The van der Waals surface area contributed by atoms with E-state index in [0.717, 1.165) is 22.3 Å². The highest BCUT2D eigenvalue weighted by atomic mass is 16.5. The van der Waals surface area contributed by atoms with Gasteiger partial charge in [0.05, 0.1) is 11.5 Å². The second kappa shape index (κ2) is 5.24. The zero-order valence-electron chi connectivity index (χ0n) is 14.8. The predicted octanol–water partition coefficient (Wildman–Crippen LogP) is 3.41. The number of allylic oxidation sites excluding steroid dienone is 2. The average molecular weight is 344 g/mol. The third kappa shape index (κ3) is 1.62. The van der Waals surface area contributed by atoms with E-state index in [1.807, 2.05) is 31.2 Å². The van der Waals surface area contributed by atoms with Crippen molar-refractivity contribution in [2.75, 3.05) is 7.11 Å². The fourth-order valence-corrected chi connectivity index (χ4v) is 5.79. The molecule has 0 saturated heterocycles. The first-order chi connectivity index (χ1) is 12.6. The normalized spacial score (nSPS) is 32.0. The van der Waals surface area contributed by atoms with E-state index < -0.39 is 11.3 Å². The van der Waals surface area contributed by atoms with E-state index in [1.165, 1.54) is 12.2 Å². The number of carbonyl (C=O) groups is 2. The first-order valence-corrected chi connectivity index (χ1v) is 9.09. The molecule has 0 radical (unpaired) electrons. The van der Waals surface area contributed by atoms with Gasteiger partial charge in [0.25, 0.3) is 0 Å². The molecule has 4 aliphatic carbocycles. The molecule has 2 bridgehead atoms. The highest BCUT2D eigenvalue weighted by Gasteiger charge is 2.65. The molecule has 0 N–H and O–H groups in total. The molecule has 2 aromatic carbocycles.